The highest BCUT2D eigenvalue weighted by Gasteiger charge is 2.70. The van der Waals surface area contributed by atoms with E-state index in [1.807, 2.05) is 0 Å². The molecule has 2 aromatic rings. The number of carboxylic acids is 1. The van der Waals surface area contributed by atoms with Gasteiger partial charge in [-0.2, -0.15) is 0 Å². The standard InChI is InChI=1S/C25H24ClN3O6/c1-12-9-14(26)10-16-21(12)27-24(34)25(16)20-19(17(28-25)7-8-18(30)31)22(32)29(23(20)33)11-13-3-5-15(35-2)6-4-13/h3-6,9-10,17,19-20,28H,7-8,11H2,1-2H3,(H,27,34)(H,30,31)/t17-,19+,20+,25-/m0/s1. The second-order valence-corrected chi connectivity index (χ2v) is 9.64. The monoisotopic (exact) mass is 497 g/mol. The molecule has 3 amide bonds. The normalized spacial score (nSPS) is 26.8. The van der Waals surface area contributed by atoms with Crippen LogP contribution in [0.15, 0.2) is 36.4 Å². The number of carboxylic acid groups (broad SMARTS) is 1. The first-order valence-electron chi connectivity index (χ1n) is 11.3. The molecular weight excluding hydrogens is 474 g/mol. The van der Waals surface area contributed by atoms with Crippen LogP contribution in [-0.4, -0.2) is 46.8 Å². The first-order valence-corrected chi connectivity index (χ1v) is 11.6. The van der Waals surface area contributed by atoms with Crippen LogP contribution < -0.4 is 15.4 Å². The maximum Gasteiger partial charge on any atom is 0.303 e. The highest BCUT2D eigenvalue weighted by Crippen LogP contribution is 2.54. The lowest BCUT2D eigenvalue weighted by atomic mass is 9.76. The van der Waals surface area contributed by atoms with Gasteiger partial charge in [-0.1, -0.05) is 23.7 Å². The summed E-state index contributed by atoms with van der Waals surface area (Å²) in [5, 5.41) is 15.8. The second-order valence-electron chi connectivity index (χ2n) is 9.20. The van der Waals surface area contributed by atoms with Crippen molar-refractivity contribution < 1.29 is 29.0 Å². The molecule has 0 aliphatic carbocycles. The van der Waals surface area contributed by atoms with Crippen molar-refractivity contribution in [2.45, 2.75) is 37.9 Å². The molecule has 0 bridgehead atoms. The third-order valence-electron chi connectivity index (χ3n) is 7.25. The van der Waals surface area contributed by atoms with Gasteiger partial charge in [-0.25, -0.2) is 0 Å². The summed E-state index contributed by atoms with van der Waals surface area (Å²) in [4.78, 5) is 53.4. The number of nitrogens with zero attached hydrogens (tertiary/aromatic N) is 1. The molecule has 0 unspecified atom stereocenters. The number of amides is 3. The number of fused-ring (bicyclic) bond motifs is 4. The number of hydrogen-bond donors (Lipinski definition) is 3. The summed E-state index contributed by atoms with van der Waals surface area (Å²) >= 11 is 6.33. The number of aliphatic carboxylic acids is 1. The molecule has 4 atom stereocenters. The summed E-state index contributed by atoms with van der Waals surface area (Å²) in [6, 6.07) is 9.69. The van der Waals surface area contributed by atoms with Crippen LogP contribution in [0.5, 0.6) is 5.75 Å². The zero-order valence-electron chi connectivity index (χ0n) is 19.1. The van der Waals surface area contributed by atoms with Crippen LogP contribution in [0.25, 0.3) is 0 Å². The molecule has 3 aliphatic rings. The number of rotatable bonds is 6. The van der Waals surface area contributed by atoms with Crippen molar-refractivity contribution >= 4 is 41.0 Å². The lowest BCUT2D eigenvalue weighted by molar-refractivity contribution is -0.144. The molecule has 9 nitrogen and oxygen atoms in total. The molecule has 2 saturated heterocycles. The van der Waals surface area contributed by atoms with Crippen LogP contribution in [-0.2, 0) is 31.3 Å². The maximum absolute atomic E-state index is 13.8. The van der Waals surface area contributed by atoms with Gasteiger partial charge in [-0.05, 0) is 48.7 Å². The Bertz CT molecular complexity index is 1260. The predicted molar refractivity (Wildman–Crippen MR) is 126 cm³/mol. The number of likely N-dealkylation sites (tertiary alicyclic amines) is 1. The van der Waals surface area contributed by atoms with Crippen molar-refractivity contribution in [3.8, 4) is 5.75 Å². The Balaban J connectivity index is 1.58. The van der Waals surface area contributed by atoms with Crippen molar-refractivity contribution in [2.24, 2.45) is 11.8 Å². The third-order valence-corrected chi connectivity index (χ3v) is 7.46. The Labute approximate surface area is 206 Å². The Morgan fingerprint density at radius 1 is 1.17 bits per heavy atom. The minimum absolute atomic E-state index is 0.0411. The van der Waals surface area contributed by atoms with Crippen molar-refractivity contribution in [1.29, 1.82) is 0 Å². The van der Waals surface area contributed by atoms with E-state index in [1.165, 1.54) is 4.90 Å². The molecule has 35 heavy (non-hydrogen) atoms. The van der Waals surface area contributed by atoms with Gasteiger partial charge in [0.2, 0.25) is 17.7 Å². The summed E-state index contributed by atoms with van der Waals surface area (Å²) in [5.74, 6) is -3.61. The fourth-order valence-corrected chi connectivity index (χ4v) is 5.96. The van der Waals surface area contributed by atoms with Crippen LogP contribution >= 0.6 is 11.6 Å². The quantitative estimate of drug-likeness (QED) is 0.523. The van der Waals surface area contributed by atoms with Gasteiger partial charge in [0.25, 0.3) is 0 Å². The molecule has 3 heterocycles. The van der Waals surface area contributed by atoms with Crippen LogP contribution in [0.2, 0.25) is 5.02 Å². The maximum atomic E-state index is 13.8. The van der Waals surface area contributed by atoms with Gasteiger partial charge in [0.15, 0.2) is 0 Å². The number of carbonyl (C=O) groups excluding carboxylic acids is 3. The molecular formula is C25H24ClN3O6. The summed E-state index contributed by atoms with van der Waals surface area (Å²) in [6.07, 6.45) is -0.115. The van der Waals surface area contributed by atoms with E-state index in [9.17, 15) is 24.3 Å². The number of ether oxygens (including phenoxy) is 1. The molecule has 1 spiro atoms. The van der Waals surface area contributed by atoms with Gasteiger partial charge < -0.3 is 15.2 Å². The summed E-state index contributed by atoms with van der Waals surface area (Å²) in [7, 11) is 1.55. The lowest BCUT2D eigenvalue weighted by Gasteiger charge is -2.29. The number of benzene rings is 2. The number of aryl methyl sites for hydroxylation is 1. The van der Waals surface area contributed by atoms with E-state index < -0.39 is 47.1 Å². The number of methoxy groups -OCH3 is 1. The zero-order chi connectivity index (χ0) is 25.1. The first-order chi connectivity index (χ1) is 16.7. The van der Waals surface area contributed by atoms with Crippen molar-refractivity contribution in [1.82, 2.24) is 10.2 Å². The molecule has 2 fully saturated rings. The zero-order valence-corrected chi connectivity index (χ0v) is 19.9. The topological polar surface area (TPSA) is 125 Å². The number of halogens is 1. The second kappa shape index (κ2) is 8.35. The largest absolute Gasteiger partial charge is 0.497 e. The average Bonchev–Trinajstić information content (AvgIpc) is 3.39. The summed E-state index contributed by atoms with van der Waals surface area (Å²) in [5.41, 5.74) is 1.01. The van der Waals surface area contributed by atoms with Gasteiger partial charge in [0.05, 0.1) is 25.5 Å². The van der Waals surface area contributed by atoms with E-state index >= 15 is 0 Å². The van der Waals surface area contributed by atoms with E-state index in [0.717, 1.165) is 11.1 Å². The Hall–Kier alpha value is -3.43. The van der Waals surface area contributed by atoms with Crippen molar-refractivity contribution in [3.05, 3.63) is 58.1 Å². The summed E-state index contributed by atoms with van der Waals surface area (Å²) < 4.78 is 5.17. The average molecular weight is 498 g/mol. The first kappa shape index (κ1) is 23.3. The minimum atomic E-state index is -1.51. The Morgan fingerprint density at radius 2 is 1.89 bits per heavy atom. The molecule has 0 aromatic heterocycles. The smallest absolute Gasteiger partial charge is 0.303 e. The number of hydrogen-bond acceptors (Lipinski definition) is 6. The van der Waals surface area contributed by atoms with Gasteiger partial charge in [-0.3, -0.25) is 29.4 Å². The van der Waals surface area contributed by atoms with Crippen molar-refractivity contribution in [2.75, 3.05) is 12.4 Å². The van der Waals surface area contributed by atoms with E-state index in [1.54, 1.807) is 50.4 Å². The Kier molecular flexibility index (Phi) is 5.56. The minimum Gasteiger partial charge on any atom is -0.497 e. The molecule has 0 radical (unpaired) electrons. The summed E-state index contributed by atoms with van der Waals surface area (Å²) in [6.45, 7) is 1.84. The number of anilines is 1. The van der Waals surface area contributed by atoms with Gasteiger partial charge >= 0.3 is 5.97 Å². The molecule has 10 heteroatoms. The van der Waals surface area contributed by atoms with Gasteiger partial charge in [0.1, 0.15) is 11.3 Å². The molecule has 0 saturated carbocycles. The van der Waals surface area contributed by atoms with Gasteiger partial charge in [0, 0.05) is 28.7 Å². The lowest BCUT2D eigenvalue weighted by Crippen LogP contribution is -2.53. The van der Waals surface area contributed by atoms with E-state index in [-0.39, 0.29) is 19.4 Å². The van der Waals surface area contributed by atoms with E-state index in [0.29, 0.717) is 22.0 Å². The Morgan fingerprint density at radius 3 is 2.54 bits per heavy atom. The van der Waals surface area contributed by atoms with Crippen LogP contribution in [0, 0.1) is 18.8 Å². The van der Waals surface area contributed by atoms with Crippen LogP contribution in [0.3, 0.4) is 0 Å². The molecule has 182 valence electrons. The van der Waals surface area contributed by atoms with Crippen LogP contribution in [0.4, 0.5) is 5.69 Å². The fraction of sp³-hybridized carbons (Fsp3) is 0.360. The highest BCUT2D eigenvalue weighted by atomic mass is 35.5. The number of nitrogens with one attached hydrogen (secondary N) is 2. The molecule has 3 N–H and O–H groups in total. The highest BCUT2D eigenvalue weighted by molar-refractivity contribution is 6.31. The SMILES string of the molecule is COc1ccc(CN2C(=O)[C@@H]3[C@H](CCC(=O)O)N[C@]4(C(=O)Nc5c(C)cc(Cl)cc54)[C@H]3C2=O)cc1. The predicted octanol–water partition coefficient (Wildman–Crippen LogP) is 2.44. The van der Waals surface area contributed by atoms with E-state index in [4.69, 9.17) is 16.3 Å². The van der Waals surface area contributed by atoms with Crippen molar-refractivity contribution in [3.63, 3.8) is 0 Å². The number of carbonyl (C=O) groups is 4. The van der Waals surface area contributed by atoms with Gasteiger partial charge in [-0.15, -0.1) is 0 Å². The molecule has 3 aliphatic heterocycles. The third kappa shape index (κ3) is 3.49. The van der Waals surface area contributed by atoms with E-state index in [2.05, 4.69) is 10.6 Å². The number of imide groups is 1. The molecule has 5 rings (SSSR count). The van der Waals surface area contributed by atoms with Crippen LogP contribution in [0.1, 0.15) is 29.5 Å². The fourth-order valence-electron chi connectivity index (χ4n) is 5.69. The molecule has 2 aromatic carbocycles.